The van der Waals surface area contributed by atoms with Crippen LogP contribution in [0.3, 0.4) is 0 Å². The molecule has 3 aromatic rings. The Balaban J connectivity index is 2.29. The predicted octanol–water partition coefficient (Wildman–Crippen LogP) is 3.92. The van der Waals surface area contributed by atoms with Crippen molar-refractivity contribution in [3.63, 3.8) is 0 Å². The highest BCUT2D eigenvalue weighted by atomic mass is 16.5. The van der Waals surface area contributed by atoms with E-state index in [2.05, 4.69) is 11.1 Å². The third-order valence-electron chi connectivity index (χ3n) is 3.75. The van der Waals surface area contributed by atoms with E-state index in [1.807, 2.05) is 42.5 Å². The van der Waals surface area contributed by atoms with E-state index in [0.717, 1.165) is 39.2 Å². The number of H-pyrrole nitrogens is 1. The van der Waals surface area contributed by atoms with Crippen LogP contribution >= 0.6 is 0 Å². The third-order valence-corrected chi connectivity index (χ3v) is 3.75. The van der Waals surface area contributed by atoms with Gasteiger partial charge in [0, 0.05) is 16.5 Å². The standard InChI is InChI=1S/C18H16N2O2/c1-21-12-7-8-16-15(11-12)13(9-10-19)18(20-16)14-5-3-4-6-17(14)22-2/h3-8,11,20H,9H2,1-2H3. The van der Waals surface area contributed by atoms with Gasteiger partial charge in [0.25, 0.3) is 0 Å². The number of hydrogen-bond acceptors (Lipinski definition) is 3. The Morgan fingerprint density at radius 2 is 1.91 bits per heavy atom. The molecule has 4 nitrogen and oxygen atoms in total. The van der Waals surface area contributed by atoms with Gasteiger partial charge in [0.05, 0.1) is 32.4 Å². The zero-order valence-electron chi connectivity index (χ0n) is 12.5. The van der Waals surface area contributed by atoms with Gasteiger partial charge in [-0.05, 0) is 35.9 Å². The molecular weight excluding hydrogens is 276 g/mol. The fourth-order valence-electron chi connectivity index (χ4n) is 2.70. The zero-order valence-corrected chi connectivity index (χ0v) is 12.5. The lowest BCUT2D eigenvalue weighted by Crippen LogP contribution is -1.91. The van der Waals surface area contributed by atoms with E-state index in [9.17, 15) is 5.26 Å². The molecule has 0 atom stereocenters. The van der Waals surface area contributed by atoms with Crippen molar-refractivity contribution in [2.45, 2.75) is 6.42 Å². The lowest BCUT2D eigenvalue weighted by Gasteiger charge is -2.08. The number of rotatable bonds is 4. The Morgan fingerprint density at radius 3 is 2.64 bits per heavy atom. The quantitative estimate of drug-likeness (QED) is 0.793. The molecule has 4 heteroatoms. The maximum Gasteiger partial charge on any atom is 0.128 e. The molecule has 3 rings (SSSR count). The first-order chi connectivity index (χ1) is 10.8. The molecule has 0 saturated carbocycles. The highest BCUT2D eigenvalue weighted by Gasteiger charge is 2.16. The number of aromatic nitrogens is 1. The van der Waals surface area contributed by atoms with Crippen molar-refractivity contribution < 1.29 is 9.47 Å². The number of nitrogens with one attached hydrogen (secondary N) is 1. The minimum Gasteiger partial charge on any atom is -0.497 e. The largest absolute Gasteiger partial charge is 0.497 e. The Labute approximate surface area is 128 Å². The van der Waals surface area contributed by atoms with Gasteiger partial charge in [-0.15, -0.1) is 0 Å². The van der Waals surface area contributed by atoms with Crippen molar-refractivity contribution in [3.8, 4) is 28.8 Å². The Kier molecular flexibility index (Phi) is 3.71. The number of benzene rings is 2. The molecule has 1 heterocycles. The fraction of sp³-hybridized carbons (Fsp3) is 0.167. The normalized spacial score (nSPS) is 10.4. The number of para-hydroxylation sites is 1. The maximum atomic E-state index is 9.20. The summed E-state index contributed by atoms with van der Waals surface area (Å²) in [5.41, 5.74) is 3.81. The topological polar surface area (TPSA) is 58.0 Å². The molecule has 0 amide bonds. The second kappa shape index (κ2) is 5.82. The molecule has 0 aliphatic carbocycles. The van der Waals surface area contributed by atoms with Gasteiger partial charge in [0.2, 0.25) is 0 Å². The molecular formula is C18H16N2O2. The van der Waals surface area contributed by atoms with Crippen molar-refractivity contribution in [3.05, 3.63) is 48.0 Å². The van der Waals surface area contributed by atoms with Crippen molar-refractivity contribution in [1.82, 2.24) is 4.98 Å². The molecule has 0 aliphatic rings. The van der Waals surface area contributed by atoms with Crippen LogP contribution in [0.5, 0.6) is 11.5 Å². The summed E-state index contributed by atoms with van der Waals surface area (Å²) in [6, 6.07) is 15.9. The molecule has 1 aromatic heterocycles. The predicted molar refractivity (Wildman–Crippen MR) is 86.2 cm³/mol. The van der Waals surface area contributed by atoms with Gasteiger partial charge in [-0.3, -0.25) is 0 Å². The summed E-state index contributed by atoms with van der Waals surface area (Å²) in [6.45, 7) is 0. The summed E-state index contributed by atoms with van der Waals surface area (Å²) in [6.07, 6.45) is 0.320. The molecule has 0 radical (unpaired) electrons. The van der Waals surface area contributed by atoms with Crippen LogP contribution in [-0.4, -0.2) is 19.2 Å². The molecule has 0 spiro atoms. The van der Waals surface area contributed by atoms with Crippen LogP contribution in [0.1, 0.15) is 5.56 Å². The van der Waals surface area contributed by atoms with E-state index >= 15 is 0 Å². The lowest BCUT2D eigenvalue weighted by molar-refractivity contribution is 0.415. The summed E-state index contributed by atoms with van der Waals surface area (Å²) in [5, 5.41) is 10.2. The summed E-state index contributed by atoms with van der Waals surface area (Å²) in [7, 11) is 3.29. The van der Waals surface area contributed by atoms with Crippen LogP contribution in [0.25, 0.3) is 22.2 Å². The van der Waals surface area contributed by atoms with Gasteiger partial charge in [-0.25, -0.2) is 0 Å². The van der Waals surface area contributed by atoms with Gasteiger partial charge < -0.3 is 14.5 Å². The van der Waals surface area contributed by atoms with Crippen LogP contribution in [0.15, 0.2) is 42.5 Å². The van der Waals surface area contributed by atoms with Crippen LogP contribution in [0.4, 0.5) is 0 Å². The second-order valence-corrected chi connectivity index (χ2v) is 4.93. The summed E-state index contributed by atoms with van der Waals surface area (Å²) >= 11 is 0. The first-order valence-electron chi connectivity index (χ1n) is 6.97. The number of hydrogen-bond donors (Lipinski definition) is 1. The van der Waals surface area contributed by atoms with Gasteiger partial charge in [-0.1, -0.05) is 12.1 Å². The number of fused-ring (bicyclic) bond motifs is 1. The Morgan fingerprint density at radius 1 is 1.09 bits per heavy atom. The number of nitrogens with zero attached hydrogens (tertiary/aromatic N) is 1. The van der Waals surface area contributed by atoms with Gasteiger partial charge in [-0.2, -0.15) is 5.26 Å². The molecule has 0 saturated heterocycles. The maximum absolute atomic E-state index is 9.20. The minimum absolute atomic E-state index is 0.320. The zero-order chi connectivity index (χ0) is 15.5. The van der Waals surface area contributed by atoms with E-state index in [0.29, 0.717) is 6.42 Å². The molecule has 0 aliphatic heterocycles. The van der Waals surface area contributed by atoms with E-state index in [-0.39, 0.29) is 0 Å². The first-order valence-corrected chi connectivity index (χ1v) is 6.97. The molecule has 2 aromatic carbocycles. The summed E-state index contributed by atoms with van der Waals surface area (Å²) in [5.74, 6) is 1.55. The van der Waals surface area contributed by atoms with Crippen molar-refractivity contribution >= 4 is 10.9 Å². The number of nitriles is 1. The Bertz CT molecular complexity index is 859. The van der Waals surface area contributed by atoms with Crippen LogP contribution in [-0.2, 0) is 6.42 Å². The van der Waals surface area contributed by atoms with Crippen molar-refractivity contribution in [2.24, 2.45) is 0 Å². The first kappa shape index (κ1) is 14.0. The Hall–Kier alpha value is -2.93. The third kappa shape index (κ3) is 2.27. The molecule has 22 heavy (non-hydrogen) atoms. The average molecular weight is 292 g/mol. The number of methoxy groups -OCH3 is 2. The SMILES string of the molecule is COc1ccc2[nH]c(-c3ccccc3OC)c(CC#N)c2c1. The van der Waals surface area contributed by atoms with Gasteiger partial charge >= 0.3 is 0 Å². The summed E-state index contributed by atoms with van der Waals surface area (Å²) < 4.78 is 10.7. The molecule has 110 valence electrons. The van der Waals surface area contributed by atoms with Gasteiger partial charge in [0.1, 0.15) is 11.5 Å². The molecule has 1 N–H and O–H groups in total. The molecule has 0 bridgehead atoms. The highest BCUT2D eigenvalue weighted by Crippen LogP contribution is 2.36. The summed E-state index contributed by atoms with van der Waals surface area (Å²) in [4.78, 5) is 3.40. The van der Waals surface area contributed by atoms with Gasteiger partial charge in [0.15, 0.2) is 0 Å². The van der Waals surface area contributed by atoms with Crippen LogP contribution < -0.4 is 9.47 Å². The van der Waals surface area contributed by atoms with E-state index < -0.39 is 0 Å². The monoisotopic (exact) mass is 292 g/mol. The minimum atomic E-state index is 0.320. The average Bonchev–Trinajstić information content (AvgIpc) is 2.93. The van der Waals surface area contributed by atoms with E-state index in [4.69, 9.17) is 9.47 Å². The number of aromatic amines is 1. The molecule has 0 fully saturated rings. The lowest BCUT2D eigenvalue weighted by atomic mass is 10.0. The molecule has 0 unspecified atom stereocenters. The smallest absolute Gasteiger partial charge is 0.128 e. The van der Waals surface area contributed by atoms with E-state index in [1.54, 1.807) is 14.2 Å². The van der Waals surface area contributed by atoms with Crippen LogP contribution in [0, 0.1) is 11.3 Å². The van der Waals surface area contributed by atoms with Crippen molar-refractivity contribution in [1.29, 1.82) is 5.26 Å². The fourth-order valence-corrected chi connectivity index (χ4v) is 2.70. The number of ether oxygens (including phenoxy) is 2. The van der Waals surface area contributed by atoms with Crippen LogP contribution in [0.2, 0.25) is 0 Å². The van der Waals surface area contributed by atoms with E-state index in [1.165, 1.54) is 0 Å². The second-order valence-electron chi connectivity index (χ2n) is 4.93. The highest BCUT2D eigenvalue weighted by molar-refractivity contribution is 5.93. The van der Waals surface area contributed by atoms with Crippen molar-refractivity contribution in [2.75, 3.05) is 14.2 Å².